The summed E-state index contributed by atoms with van der Waals surface area (Å²) in [6.07, 6.45) is 0. The van der Waals surface area contributed by atoms with E-state index in [9.17, 15) is 4.79 Å². The predicted octanol–water partition coefficient (Wildman–Crippen LogP) is 2.32. The van der Waals surface area contributed by atoms with Crippen molar-refractivity contribution >= 4 is 5.97 Å². The van der Waals surface area contributed by atoms with Crippen molar-refractivity contribution in [2.24, 2.45) is 0 Å². The Morgan fingerprint density at radius 2 is 2.26 bits per heavy atom. The molecule has 0 amide bonds. The van der Waals surface area contributed by atoms with Crippen molar-refractivity contribution in [1.29, 1.82) is 0 Å². The highest BCUT2D eigenvalue weighted by molar-refractivity contribution is 5.68. The van der Waals surface area contributed by atoms with Crippen LogP contribution in [-0.4, -0.2) is 27.8 Å². The van der Waals surface area contributed by atoms with Gasteiger partial charge in [-0.2, -0.15) is 4.98 Å². The molecule has 0 aliphatic carbocycles. The molecule has 19 heavy (non-hydrogen) atoms. The number of carboxylic acids is 1. The van der Waals surface area contributed by atoms with Gasteiger partial charge in [0.05, 0.1) is 0 Å². The summed E-state index contributed by atoms with van der Waals surface area (Å²) in [6, 6.07) is 6.91. The molecule has 100 valence electrons. The molecule has 6 heteroatoms. The predicted molar refractivity (Wildman–Crippen MR) is 67.0 cm³/mol. The van der Waals surface area contributed by atoms with Crippen LogP contribution in [0.15, 0.2) is 28.8 Å². The zero-order chi connectivity index (χ0) is 13.8. The lowest BCUT2D eigenvalue weighted by Gasteiger charge is -2.03. The van der Waals surface area contributed by atoms with Gasteiger partial charge in [-0.3, -0.25) is 0 Å². The number of nitrogens with zero attached hydrogens (tertiary/aromatic N) is 2. The molecule has 0 aliphatic rings. The van der Waals surface area contributed by atoms with E-state index >= 15 is 0 Å². The van der Waals surface area contributed by atoms with Crippen molar-refractivity contribution in [1.82, 2.24) is 10.1 Å². The van der Waals surface area contributed by atoms with E-state index in [4.69, 9.17) is 14.4 Å². The van der Waals surface area contributed by atoms with E-state index in [1.54, 1.807) is 18.2 Å². The number of aliphatic carboxylic acids is 1. The van der Waals surface area contributed by atoms with E-state index in [0.29, 0.717) is 17.5 Å². The Bertz CT molecular complexity index is 578. The summed E-state index contributed by atoms with van der Waals surface area (Å²) in [5.41, 5.74) is 0.721. The van der Waals surface area contributed by atoms with Gasteiger partial charge in [-0.1, -0.05) is 31.1 Å². The van der Waals surface area contributed by atoms with Crippen LogP contribution in [0.3, 0.4) is 0 Å². The van der Waals surface area contributed by atoms with Crippen molar-refractivity contribution in [3.8, 4) is 17.1 Å². The summed E-state index contributed by atoms with van der Waals surface area (Å²) in [5, 5.41) is 12.4. The number of hydrogen-bond acceptors (Lipinski definition) is 5. The Balaban J connectivity index is 2.19. The monoisotopic (exact) mass is 262 g/mol. The smallest absolute Gasteiger partial charge is 0.341 e. The molecule has 1 N–H and O–H groups in total. The van der Waals surface area contributed by atoms with Gasteiger partial charge >= 0.3 is 5.97 Å². The van der Waals surface area contributed by atoms with Crippen molar-refractivity contribution in [3.05, 3.63) is 30.2 Å². The zero-order valence-corrected chi connectivity index (χ0v) is 10.7. The molecule has 1 aromatic carbocycles. The summed E-state index contributed by atoms with van der Waals surface area (Å²) in [6.45, 7) is 3.54. The number of carbonyl (C=O) groups is 1. The highest BCUT2D eigenvalue weighted by atomic mass is 16.5. The molecule has 0 saturated heterocycles. The number of benzene rings is 1. The van der Waals surface area contributed by atoms with E-state index in [1.165, 1.54) is 0 Å². The van der Waals surface area contributed by atoms with E-state index in [-0.39, 0.29) is 12.5 Å². The van der Waals surface area contributed by atoms with Crippen LogP contribution >= 0.6 is 0 Å². The van der Waals surface area contributed by atoms with Crippen LogP contribution in [0.4, 0.5) is 0 Å². The second kappa shape index (κ2) is 5.51. The molecular formula is C13H14N2O4. The second-order valence-electron chi connectivity index (χ2n) is 4.32. The Morgan fingerprint density at radius 1 is 1.47 bits per heavy atom. The van der Waals surface area contributed by atoms with Crippen LogP contribution in [0.2, 0.25) is 0 Å². The maximum absolute atomic E-state index is 10.4. The van der Waals surface area contributed by atoms with E-state index in [1.807, 2.05) is 19.9 Å². The lowest BCUT2D eigenvalue weighted by atomic mass is 10.2. The van der Waals surface area contributed by atoms with Gasteiger partial charge in [-0.15, -0.1) is 0 Å². The van der Waals surface area contributed by atoms with Gasteiger partial charge < -0.3 is 14.4 Å². The molecule has 6 nitrogen and oxygen atoms in total. The molecule has 1 heterocycles. The van der Waals surface area contributed by atoms with Gasteiger partial charge in [0.25, 0.3) is 0 Å². The highest BCUT2D eigenvalue weighted by Crippen LogP contribution is 2.23. The first kappa shape index (κ1) is 13.1. The third-order valence-corrected chi connectivity index (χ3v) is 2.39. The van der Waals surface area contributed by atoms with Gasteiger partial charge in [0.15, 0.2) is 6.61 Å². The van der Waals surface area contributed by atoms with Crippen LogP contribution < -0.4 is 4.74 Å². The average molecular weight is 262 g/mol. The minimum atomic E-state index is -1.02. The second-order valence-corrected chi connectivity index (χ2v) is 4.32. The fourth-order valence-corrected chi connectivity index (χ4v) is 1.46. The summed E-state index contributed by atoms with van der Waals surface area (Å²) in [7, 11) is 0. The largest absolute Gasteiger partial charge is 0.482 e. The standard InChI is InChI=1S/C13H14N2O4/c1-8(2)13-14-12(15-19-13)9-4-3-5-10(6-9)18-7-11(16)17/h3-6,8H,7H2,1-2H3,(H,16,17). The summed E-state index contributed by atoms with van der Waals surface area (Å²) < 4.78 is 10.2. The summed E-state index contributed by atoms with van der Waals surface area (Å²) >= 11 is 0. The molecule has 0 aliphatic heterocycles. The third-order valence-electron chi connectivity index (χ3n) is 2.39. The quantitative estimate of drug-likeness (QED) is 0.890. The SMILES string of the molecule is CC(C)c1nc(-c2cccc(OCC(=O)O)c2)no1. The topological polar surface area (TPSA) is 85.5 Å². The molecule has 0 atom stereocenters. The van der Waals surface area contributed by atoms with Crippen LogP contribution in [0.5, 0.6) is 5.75 Å². The van der Waals surface area contributed by atoms with Crippen molar-refractivity contribution in [2.45, 2.75) is 19.8 Å². The number of carboxylic acid groups (broad SMARTS) is 1. The lowest BCUT2D eigenvalue weighted by molar-refractivity contribution is -0.139. The maximum atomic E-state index is 10.4. The molecule has 2 aromatic rings. The molecule has 0 fully saturated rings. The number of hydrogen-bond donors (Lipinski definition) is 1. The van der Waals surface area contributed by atoms with E-state index in [2.05, 4.69) is 10.1 Å². The lowest BCUT2D eigenvalue weighted by Crippen LogP contribution is -2.09. The number of rotatable bonds is 5. The van der Waals surface area contributed by atoms with Gasteiger partial charge in [0, 0.05) is 11.5 Å². The molecule has 0 radical (unpaired) electrons. The molecular weight excluding hydrogens is 248 g/mol. The van der Waals surface area contributed by atoms with Crippen molar-refractivity contribution in [3.63, 3.8) is 0 Å². The number of ether oxygens (including phenoxy) is 1. The Labute approximate surface area is 110 Å². The minimum absolute atomic E-state index is 0.160. The molecule has 0 unspecified atom stereocenters. The summed E-state index contributed by atoms with van der Waals surface area (Å²) in [5.74, 6) is 0.617. The van der Waals surface area contributed by atoms with Gasteiger partial charge in [-0.05, 0) is 12.1 Å². The van der Waals surface area contributed by atoms with E-state index in [0.717, 1.165) is 5.56 Å². The van der Waals surface area contributed by atoms with Crippen molar-refractivity contribution in [2.75, 3.05) is 6.61 Å². The first-order valence-electron chi connectivity index (χ1n) is 5.85. The molecule has 1 aromatic heterocycles. The van der Waals surface area contributed by atoms with Crippen molar-refractivity contribution < 1.29 is 19.2 Å². The molecule has 0 saturated carbocycles. The van der Waals surface area contributed by atoms with Crippen LogP contribution in [0.1, 0.15) is 25.7 Å². The summed E-state index contributed by atoms with van der Waals surface area (Å²) in [4.78, 5) is 14.7. The average Bonchev–Trinajstić information content (AvgIpc) is 2.86. The fraction of sp³-hybridized carbons (Fsp3) is 0.308. The van der Waals surface area contributed by atoms with Crippen LogP contribution in [-0.2, 0) is 4.79 Å². The van der Waals surface area contributed by atoms with Crippen LogP contribution in [0, 0.1) is 0 Å². The molecule has 2 rings (SSSR count). The van der Waals surface area contributed by atoms with Crippen LogP contribution in [0.25, 0.3) is 11.4 Å². The Hall–Kier alpha value is -2.37. The first-order chi connectivity index (χ1) is 9.06. The third kappa shape index (κ3) is 3.31. The molecule has 0 spiro atoms. The maximum Gasteiger partial charge on any atom is 0.341 e. The Kier molecular flexibility index (Phi) is 3.79. The minimum Gasteiger partial charge on any atom is -0.482 e. The highest BCUT2D eigenvalue weighted by Gasteiger charge is 2.12. The van der Waals surface area contributed by atoms with Gasteiger partial charge in [0.1, 0.15) is 5.75 Å². The number of aromatic nitrogens is 2. The van der Waals surface area contributed by atoms with E-state index < -0.39 is 5.97 Å². The normalized spacial score (nSPS) is 10.7. The van der Waals surface area contributed by atoms with Gasteiger partial charge in [-0.25, -0.2) is 4.79 Å². The van der Waals surface area contributed by atoms with Gasteiger partial charge in [0.2, 0.25) is 11.7 Å². The molecule has 0 bridgehead atoms. The fourth-order valence-electron chi connectivity index (χ4n) is 1.46. The Morgan fingerprint density at radius 3 is 2.89 bits per heavy atom. The zero-order valence-electron chi connectivity index (χ0n) is 10.7. The first-order valence-corrected chi connectivity index (χ1v) is 5.85.